The second-order valence-electron chi connectivity index (χ2n) is 3.40. The van der Waals surface area contributed by atoms with Crippen LogP contribution in [0.5, 0.6) is 0 Å². The highest BCUT2D eigenvalue weighted by Gasteiger charge is 2.11. The fraction of sp³-hybridized carbons (Fsp3) is 0.273. The molecule has 0 aliphatic heterocycles. The Hall–Kier alpha value is -1.49. The molecule has 0 bridgehead atoms. The lowest BCUT2D eigenvalue weighted by Gasteiger charge is -2.16. The summed E-state index contributed by atoms with van der Waals surface area (Å²) >= 11 is 4.88. The number of hydrogen-bond acceptors (Lipinski definition) is 2. The minimum absolute atomic E-state index is 0.197. The van der Waals surface area contributed by atoms with E-state index in [9.17, 15) is 9.18 Å². The highest BCUT2D eigenvalue weighted by Crippen LogP contribution is 2.15. The molecule has 0 spiro atoms. The smallest absolute Gasteiger partial charge is 0.222 e. The lowest BCUT2D eigenvalue weighted by Crippen LogP contribution is -2.39. The van der Waals surface area contributed by atoms with Crippen molar-refractivity contribution in [2.24, 2.45) is 0 Å². The standard InChI is InChI=1S/C11H13FN2OS/c1-7(13-11(16)14-8(2)15)9-5-3-4-6-10(9)12/h3-7H,1-2H3,(H2,13,14,15,16)/t7-/m0/s1. The van der Waals surface area contributed by atoms with Gasteiger partial charge in [0.15, 0.2) is 5.11 Å². The van der Waals surface area contributed by atoms with Crippen molar-refractivity contribution in [3.63, 3.8) is 0 Å². The maximum Gasteiger partial charge on any atom is 0.222 e. The molecule has 0 saturated carbocycles. The summed E-state index contributed by atoms with van der Waals surface area (Å²) in [6.07, 6.45) is 0. The number of rotatable bonds is 2. The number of halogens is 1. The van der Waals surface area contributed by atoms with E-state index in [0.29, 0.717) is 5.56 Å². The van der Waals surface area contributed by atoms with Crippen LogP contribution < -0.4 is 10.6 Å². The Morgan fingerprint density at radius 1 is 1.44 bits per heavy atom. The molecule has 0 fully saturated rings. The number of hydrogen-bond donors (Lipinski definition) is 2. The molecule has 2 N–H and O–H groups in total. The first kappa shape index (κ1) is 12.6. The van der Waals surface area contributed by atoms with Crippen LogP contribution in [-0.2, 0) is 4.79 Å². The molecule has 1 amide bonds. The molecule has 1 aromatic rings. The molecule has 0 saturated heterocycles. The number of benzene rings is 1. The van der Waals surface area contributed by atoms with Crippen LogP contribution in [0.3, 0.4) is 0 Å². The molecule has 0 heterocycles. The Balaban J connectivity index is 2.66. The summed E-state index contributed by atoms with van der Waals surface area (Å²) in [4.78, 5) is 10.7. The molecule has 0 unspecified atom stereocenters. The van der Waals surface area contributed by atoms with E-state index in [0.717, 1.165) is 0 Å². The highest BCUT2D eigenvalue weighted by atomic mass is 32.1. The van der Waals surface area contributed by atoms with E-state index >= 15 is 0 Å². The third kappa shape index (κ3) is 3.58. The van der Waals surface area contributed by atoms with Crippen LogP contribution in [0.2, 0.25) is 0 Å². The number of carbonyl (C=O) groups excluding carboxylic acids is 1. The summed E-state index contributed by atoms with van der Waals surface area (Å²) in [6.45, 7) is 3.13. The van der Waals surface area contributed by atoms with Crippen LogP contribution >= 0.6 is 12.2 Å². The normalized spacial score (nSPS) is 11.7. The van der Waals surface area contributed by atoms with E-state index in [2.05, 4.69) is 10.6 Å². The lowest BCUT2D eigenvalue weighted by molar-refractivity contribution is -0.117. The van der Waals surface area contributed by atoms with Crippen molar-refractivity contribution in [1.29, 1.82) is 0 Å². The van der Waals surface area contributed by atoms with Crippen molar-refractivity contribution in [2.75, 3.05) is 0 Å². The van der Waals surface area contributed by atoms with Crippen LogP contribution in [-0.4, -0.2) is 11.0 Å². The van der Waals surface area contributed by atoms with Gasteiger partial charge in [0.25, 0.3) is 0 Å². The highest BCUT2D eigenvalue weighted by molar-refractivity contribution is 7.80. The summed E-state index contributed by atoms with van der Waals surface area (Å²) < 4.78 is 13.4. The maximum atomic E-state index is 13.4. The molecule has 0 aromatic heterocycles. The summed E-state index contributed by atoms with van der Waals surface area (Å²) in [5.74, 6) is -0.550. The lowest BCUT2D eigenvalue weighted by atomic mass is 10.1. The van der Waals surface area contributed by atoms with Crippen LogP contribution in [0.15, 0.2) is 24.3 Å². The van der Waals surface area contributed by atoms with E-state index in [1.54, 1.807) is 25.1 Å². The SMILES string of the molecule is CC(=O)NC(=S)N[C@@H](C)c1ccccc1F. The van der Waals surface area contributed by atoms with E-state index in [1.165, 1.54) is 13.0 Å². The van der Waals surface area contributed by atoms with Crippen molar-refractivity contribution in [3.8, 4) is 0 Å². The third-order valence-corrected chi connectivity index (χ3v) is 2.23. The van der Waals surface area contributed by atoms with Crippen molar-refractivity contribution >= 4 is 23.2 Å². The van der Waals surface area contributed by atoms with Gasteiger partial charge in [-0.15, -0.1) is 0 Å². The molecule has 16 heavy (non-hydrogen) atoms. The summed E-state index contributed by atoms with van der Waals surface area (Å²) in [6, 6.07) is 6.13. The van der Waals surface area contributed by atoms with Gasteiger partial charge in [-0.25, -0.2) is 4.39 Å². The largest absolute Gasteiger partial charge is 0.356 e. The molecular formula is C11H13FN2OS. The van der Waals surface area contributed by atoms with Gasteiger partial charge in [0.05, 0.1) is 6.04 Å². The van der Waals surface area contributed by atoms with Gasteiger partial charge >= 0.3 is 0 Å². The molecule has 1 rings (SSSR count). The second-order valence-corrected chi connectivity index (χ2v) is 3.81. The van der Waals surface area contributed by atoms with Gasteiger partial charge in [-0.3, -0.25) is 4.79 Å². The van der Waals surface area contributed by atoms with E-state index in [4.69, 9.17) is 12.2 Å². The van der Waals surface area contributed by atoms with Crippen LogP contribution in [0.4, 0.5) is 4.39 Å². The Bertz CT molecular complexity index is 409. The summed E-state index contributed by atoms with van der Waals surface area (Å²) in [5.41, 5.74) is 0.509. The number of nitrogens with one attached hydrogen (secondary N) is 2. The molecule has 86 valence electrons. The first-order valence-electron chi connectivity index (χ1n) is 4.83. The van der Waals surface area contributed by atoms with Crippen molar-refractivity contribution in [2.45, 2.75) is 19.9 Å². The minimum Gasteiger partial charge on any atom is -0.356 e. The summed E-state index contributed by atoms with van der Waals surface area (Å²) in [5, 5.41) is 5.45. The maximum absolute atomic E-state index is 13.4. The predicted molar refractivity (Wildman–Crippen MR) is 64.4 cm³/mol. The molecular weight excluding hydrogens is 227 g/mol. The molecule has 3 nitrogen and oxygen atoms in total. The first-order valence-corrected chi connectivity index (χ1v) is 5.24. The van der Waals surface area contributed by atoms with Crippen molar-refractivity contribution in [1.82, 2.24) is 10.6 Å². The zero-order chi connectivity index (χ0) is 12.1. The Kier molecular flexibility index (Phi) is 4.37. The molecule has 5 heteroatoms. The first-order chi connectivity index (χ1) is 7.50. The monoisotopic (exact) mass is 240 g/mol. The zero-order valence-electron chi connectivity index (χ0n) is 9.08. The fourth-order valence-electron chi connectivity index (χ4n) is 1.30. The van der Waals surface area contributed by atoms with E-state index in [-0.39, 0.29) is 22.9 Å². The van der Waals surface area contributed by atoms with Gasteiger partial charge in [-0.05, 0) is 25.2 Å². The fourth-order valence-corrected chi connectivity index (χ4v) is 1.62. The van der Waals surface area contributed by atoms with Crippen molar-refractivity contribution < 1.29 is 9.18 Å². The minimum atomic E-state index is -0.298. The quantitative estimate of drug-likeness (QED) is 0.776. The van der Waals surface area contributed by atoms with E-state index in [1.807, 2.05) is 0 Å². The van der Waals surface area contributed by atoms with Gasteiger partial charge < -0.3 is 10.6 Å². The van der Waals surface area contributed by atoms with Gasteiger partial charge in [0, 0.05) is 12.5 Å². The van der Waals surface area contributed by atoms with Gasteiger partial charge in [-0.1, -0.05) is 18.2 Å². The zero-order valence-corrected chi connectivity index (χ0v) is 9.90. The van der Waals surface area contributed by atoms with Crippen molar-refractivity contribution in [3.05, 3.63) is 35.6 Å². The summed E-state index contributed by atoms with van der Waals surface area (Å²) in [7, 11) is 0. The van der Waals surface area contributed by atoms with Crippen LogP contribution in [0, 0.1) is 5.82 Å². The van der Waals surface area contributed by atoms with E-state index < -0.39 is 0 Å². The number of thiocarbonyl (C=S) groups is 1. The Labute approximate surface area is 99.0 Å². The third-order valence-electron chi connectivity index (χ3n) is 2.01. The Morgan fingerprint density at radius 2 is 2.06 bits per heavy atom. The second kappa shape index (κ2) is 5.55. The molecule has 0 radical (unpaired) electrons. The number of carbonyl (C=O) groups is 1. The molecule has 0 aliphatic carbocycles. The molecule has 1 atom stereocenters. The molecule has 1 aromatic carbocycles. The topological polar surface area (TPSA) is 41.1 Å². The van der Waals surface area contributed by atoms with Gasteiger partial charge in [0.2, 0.25) is 5.91 Å². The predicted octanol–water partition coefficient (Wildman–Crippen LogP) is 1.90. The van der Waals surface area contributed by atoms with Gasteiger partial charge in [0.1, 0.15) is 5.82 Å². The average molecular weight is 240 g/mol. The Morgan fingerprint density at radius 3 is 2.62 bits per heavy atom. The molecule has 0 aliphatic rings. The average Bonchev–Trinajstić information content (AvgIpc) is 2.16. The van der Waals surface area contributed by atoms with Crippen LogP contribution in [0.25, 0.3) is 0 Å². The van der Waals surface area contributed by atoms with Crippen LogP contribution in [0.1, 0.15) is 25.5 Å². The van der Waals surface area contributed by atoms with Gasteiger partial charge in [-0.2, -0.15) is 0 Å². The number of amides is 1.